The largest absolute Gasteiger partial charge is 0.484 e. The van der Waals surface area contributed by atoms with Crippen LogP contribution >= 0.6 is 23.1 Å². The highest BCUT2D eigenvalue weighted by Gasteiger charge is 2.27. The number of anilines is 1. The van der Waals surface area contributed by atoms with Crippen LogP contribution in [0.15, 0.2) is 28.6 Å². The van der Waals surface area contributed by atoms with E-state index in [0.29, 0.717) is 15.8 Å². The number of nitrogens with zero attached hydrogens (tertiary/aromatic N) is 2. The summed E-state index contributed by atoms with van der Waals surface area (Å²) in [6.07, 6.45) is -4.30. The number of carbonyl (C=O) groups is 1. The van der Waals surface area contributed by atoms with Crippen LogP contribution < -0.4 is 15.8 Å². The second-order valence-corrected chi connectivity index (χ2v) is 6.73. The van der Waals surface area contributed by atoms with Crippen molar-refractivity contribution >= 4 is 34.1 Å². The number of halogens is 3. The number of ether oxygens (including phenoxy) is 1. The first-order chi connectivity index (χ1) is 11.3. The van der Waals surface area contributed by atoms with Crippen molar-refractivity contribution in [1.29, 1.82) is 0 Å². The molecule has 2 aromatic rings. The molecule has 0 aliphatic carbocycles. The second-order valence-electron chi connectivity index (χ2n) is 4.53. The number of carbonyl (C=O) groups excluding carboxylic acids is 1. The van der Waals surface area contributed by atoms with Gasteiger partial charge in [0.2, 0.25) is 5.13 Å². The Morgan fingerprint density at radius 1 is 1.38 bits per heavy atom. The number of nitrogens with two attached hydrogens (primary N) is 1. The van der Waals surface area contributed by atoms with Crippen molar-refractivity contribution in [3.63, 3.8) is 0 Å². The van der Waals surface area contributed by atoms with Crippen LogP contribution in [-0.4, -0.2) is 35.4 Å². The van der Waals surface area contributed by atoms with Crippen LogP contribution in [0.5, 0.6) is 5.75 Å². The van der Waals surface area contributed by atoms with E-state index >= 15 is 0 Å². The van der Waals surface area contributed by atoms with Crippen molar-refractivity contribution < 1.29 is 22.7 Å². The number of aromatic nitrogens is 2. The number of thioether (sulfide) groups is 1. The Kier molecular flexibility index (Phi) is 6.26. The molecule has 0 saturated carbocycles. The van der Waals surface area contributed by atoms with E-state index in [2.05, 4.69) is 15.5 Å². The molecule has 0 radical (unpaired) electrons. The summed E-state index contributed by atoms with van der Waals surface area (Å²) < 4.78 is 42.1. The average molecular weight is 378 g/mol. The van der Waals surface area contributed by atoms with E-state index in [-0.39, 0.29) is 11.7 Å². The minimum Gasteiger partial charge on any atom is -0.484 e. The van der Waals surface area contributed by atoms with Gasteiger partial charge in [-0.25, -0.2) is 0 Å². The van der Waals surface area contributed by atoms with Gasteiger partial charge in [0.1, 0.15) is 12.3 Å². The van der Waals surface area contributed by atoms with Crippen LogP contribution in [0.2, 0.25) is 0 Å². The zero-order valence-corrected chi connectivity index (χ0v) is 13.8. The second kappa shape index (κ2) is 8.20. The quantitative estimate of drug-likeness (QED) is 0.687. The topological polar surface area (TPSA) is 90.1 Å². The maximum atomic E-state index is 12.1. The lowest BCUT2D eigenvalue weighted by molar-refractivity contribution is -0.120. The molecule has 0 aliphatic heterocycles. The fourth-order valence-corrected chi connectivity index (χ4v) is 3.23. The number of primary amides is 1. The molecule has 0 fully saturated rings. The van der Waals surface area contributed by atoms with Gasteiger partial charge in [0.05, 0.1) is 0 Å². The van der Waals surface area contributed by atoms with Crippen molar-refractivity contribution in [3.05, 3.63) is 29.8 Å². The van der Waals surface area contributed by atoms with E-state index in [0.717, 1.165) is 16.9 Å². The van der Waals surface area contributed by atoms with Crippen LogP contribution in [0, 0.1) is 0 Å². The van der Waals surface area contributed by atoms with Crippen LogP contribution in [0.4, 0.5) is 18.3 Å². The van der Waals surface area contributed by atoms with Crippen molar-refractivity contribution in [1.82, 2.24) is 10.2 Å². The van der Waals surface area contributed by atoms with Crippen molar-refractivity contribution in [3.8, 4) is 5.75 Å². The first kappa shape index (κ1) is 18.3. The van der Waals surface area contributed by atoms with E-state index in [1.807, 2.05) is 6.07 Å². The van der Waals surface area contributed by atoms with E-state index in [1.165, 1.54) is 11.8 Å². The summed E-state index contributed by atoms with van der Waals surface area (Å²) in [5.74, 6) is 0.473. The number of rotatable bonds is 8. The molecule has 6 nitrogen and oxygen atoms in total. The number of nitrogens with one attached hydrogen (secondary N) is 1. The molecule has 0 unspecified atom stereocenters. The van der Waals surface area contributed by atoms with Crippen LogP contribution in [0.25, 0.3) is 0 Å². The normalized spacial score (nSPS) is 11.3. The maximum Gasteiger partial charge on any atom is 0.405 e. The monoisotopic (exact) mass is 378 g/mol. The zero-order valence-electron chi connectivity index (χ0n) is 12.2. The summed E-state index contributed by atoms with van der Waals surface area (Å²) in [5, 5.41) is 9.78. The van der Waals surface area contributed by atoms with Crippen LogP contribution in [0.3, 0.4) is 0 Å². The standard InChI is InChI=1S/C13H13F3N4O2S2/c14-13(15,16)7-18-11-19-20-12(24-11)23-6-8-2-1-3-9(4-8)22-5-10(17)21/h1-4H,5-7H2,(H2,17,21)(H,18,19). The van der Waals surface area contributed by atoms with Gasteiger partial charge in [0, 0.05) is 5.75 Å². The summed E-state index contributed by atoms with van der Waals surface area (Å²) in [6.45, 7) is -1.35. The highest BCUT2D eigenvalue weighted by molar-refractivity contribution is 8.00. The van der Waals surface area contributed by atoms with Gasteiger partial charge in [0.15, 0.2) is 10.9 Å². The predicted molar refractivity (Wildman–Crippen MR) is 85.1 cm³/mol. The molecule has 0 aliphatic rings. The number of alkyl halides is 3. The molecule has 0 saturated heterocycles. The molecule has 11 heteroatoms. The molecule has 2 rings (SSSR count). The van der Waals surface area contributed by atoms with Gasteiger partial charge >= 0.3 is 6.18 Å². The first-order valence-corrected chi connectivity index (χ1v) is 8.39. The van der Waals surface area contributed by atoms with E-state index in [4.69, 9.17) is 10.5 Å². The zero-order chi connectivity index (χ0) is 17.6. The third-order valence-corrected chi connectivity index (χ3v) is 4.57. The summed E-state index contributed by atoms with van der Waals surface area (Å²) in [5.41, 5.74) is 5.91. The molecule has 0 atom stereocenters. The molecule has 0 spiro atoms. The molecule has 1 heterocycles. The van der Waals surface area contributed by atoms with Gasteiger partial charge in [0.25, 0.3) is 5.91 Å². The summed E-state index contributed by atoms with van der Waals surface area (Å²) >= 11 is 2.39. The van der Waals surface area contributed by atoms with E-state index in [1.54, 1.807) is 18.2 Å². The Labute approximate surface area is 143 Å². The minimum absolute atomic E-state index is 0.119. The van der Waals surface area contributed by atoms with Gasteiger partial charge in [-0.05, 0) is 17.7 Å². The predicted octanol–water partition coefficient (Wildman–Crippen LogP) is 2.67. The molecule has 1 aromatic carbocycles. The van der Waals surface area contributed by atoms with Crippen molar-refractivity contribution in [2.24, 2.45) is 5.73 Å². The summed E-state index contributed by atoms with van der Waals surface area (Å²) in [7, 11) is 0. The molecular weight excluding hydrogens is 365 g/mol. The lowest BCUT2D eigenvalue weighted by Crippen LogP contribution is -2.21. The third kappa shape index (κ3) is 6.62. The van der Waals surface area contributed by atoms with Gasteiger partial charge in [-0.2, -0.15) is 13.2 Å². The Balaban J connectivity index is 1.86. The molecule has 1 aromatic heterocycles. The molecule has 0 bridgehead atoms. The highest BCUT2D eigenvalue weighted by Crippen LogP contribution is 2.29. The number of amides is 1. The van der Waals surface area contributed by atoms with Gasteiger partial charge in [-0.15, -0.1) is 10.2 Å². The average Bonchev–Trinajstić information content (AvgIpc) is 2.97. The molecule has 24 heavy (non-hydrogen) atoms. The van der Waals surface area contributed by atoms with Crippen molar-refractivity contribution in [2.75, 3.05) is 18.5 Å². The van der Waals surface area contributed by atoms with Crippen LogP contribution in [0.1, 0.15) is 5.56 Å². The van der Waals surface area contributed by atoms with E-state index in [9.17, 15) is 18.0 Å². The Bertz CT molecular complexity index is 694. The van der Waals surface area contributed by atoms with Crippen LogP contribution in [-0.2, 0) is 10.5 Å². The lowest BCUT2D eigenvalue weighted by atomic mass is 10.2. The van der Waals surface area contributed by atoms with Gasteiger partial charge in [-0.3, -0.25) is 4.79 Å². The lowest BCUT2D eigenvalue weighted by Gasteiger charge is -2.05. The van der Waals surface area contributed by atoms with Gasteiger partial charge in [-0.1, -0.05) is 35.2 Å². The maximum absolute atomic E-state index is 12.1. The number of benzene rings is 1. The molecule has 1 amide bonds. The third-order valence-electron chi connectivity index (χ3n) is 2.49. The fourth-order valence-electron chi connectivity index (χ4n) is 1.54. The summed E-state index contributed by atoms with van der Waals surface area (Å²) in [4.78, 5) is 10.7. The Morgan fingerprint density at radius 2 is 2.17 bits per heavy atom. The molecular formula is C13H13F3N4O2S2. The smallest absolute Gasteiger partial charge is 0.405 e. The molecule has 3 N–H and O–H groups in total. The Morgan fingerprint density at radius 3 is 2.88 bits per heavy atom. The summed E-state index contributed by atoms with van der Waals surface area (Å²) in [6, 6.07) is 7.07. The minimum atomic E-state index is -4.30. The Hall–Kier alpha value is -2.01. The molecule has 130 valence electrons. The number of hydrogen-bond donors (Lipinski definition) is 2. The SMILES string of the molecule is NC(=O)COc1cccc(CSc2nnc(NCC(F)(F)F)s2)c1. The fraction of sp³-hybridized carbons (Fsp3) is 0.308. The van der Waals surface area contributed by atoms with E-state index < -0.39 is 18.6 Å². The first-order valence-electron chi connectivity index (χ1n) is 6.59. The van der Waals surface area contributed by atoms with Gasteiger partial charge < -0.3 is 15.8 Å². The highest BCUT2D eigenvalue weighted by atomic mass is 32.2. The van der Waals surface area contributed by atoms with Crippen molar-refractivity contribution in [2.45, 2.75) is 16.3 Å². The number of hydrogen-bond acceptors (Lipinski definition) is 7.